The first-order chi connectivity index (χ1) is 9.08. The zero-order valence-electron chi connectivity index (χ0n) is 10.2. The number of hydrogen-bond acceptors (Lipinski definition) is 6. The van der Waals surface area contributed by atoms with Gasteiger partial charge in [0.1, 0.15) is 6.04 Å². The van der Waals surface area contributed by atoms with Crippen LogP contribution in [0.3, 0.4) is 0 Å². The molecule has 0 aromatic carbocycles. The molecule has 1 rings (SSSR count). The lowest BCUT2D eigenvalue weighted by atomic mass is 10.1. The molecule has 8 heteroatoms. The number of allylic oxidation sites excluding steroid dienone is 3. The second-order valence-electron chi connectivity index (χ2n) is 3.57. The minimum atomic E-state index is -0.737. The van der Waals surface area contributed by atoms with Crippen LogP contribution in [-0.2, 0) is 14.3 Å². The summed E-state index contributed by atoms with van der Waals surface area (Å²) in [6, 6.07) is -0.737. The third-order valence-corrected chi connectivity index (χ3v) is 4.45. The molecule has 0 radical (unpaired) electrons. The molecule has 1 aliphatic rings. The first-order valence-electron chi connectivity index (χ1n) is 5.35. The predicted octanol–water partition coefficient (Wildman–Crippen LogP) is 0.952. The molecule has 102 valence electrons. The highest BCUT2D eigenvalue weighted by Gasteiger charge is 2.17. The summed E-state index contributed by atoms with van der Waals surface area (Å²) in [5.74, 6) is -0.204. The van der Waals surface area contributed by atoms with Gasteiger partial charge in [0.2, 0.25) is 5.12 Å². The first-order valence-corrected chi connectivity index (χ1v) is 7.66. The van der Waals surface area contributed by atoms with Gasteiger partial charge in [0.25, 0.3) is 5.71 Å². The van der Waals surface area contributed by atoms with E-state index in [1.807, 2.05) is 0 Å². The molecule has 0 fully saturated rings. The standard InChI is InChI=1S/C11H13N3O3S2/c1-17-10(15)9(12)6-18-19-11(16)7-2-4-8(14-13)5-3-7/h2-4,9H,5-6,12H2,1H3. The van der Waals surface area contributed by atoms with Crippen molar-refractivity contribution in [1.82, 2.24) is 0 Å². The predicted molar refractivity (Wildman–Crippen MR) is 75.5 cm³/mol. The maximum atomic E-state index is 11.8. The number of nitrogens with zero attached hydrogens (tertiary/aromatic N) is 2. The minimum absolute atomic E-state index is 0.129. The number of carbonyl (C=O) groups is 2. The molecule has 0 saturated carbocycles. The summed E-state index contributed by atoms with van der Waals surface area (Å²) in [7, 11) is 3.48. The maximum Gasteiger partial charge on any atom is 0.323 e. The second kappa shape index (κ2) is 7.96. The van der Waals surface area contributed by atoms with Crippen LogP contribution in [0.15, 0.2) is 23.8 Å². The zero-order chi connectivity index (χ0) is 14.3. The first kappa shape index (κ1) is 15.7. The summed E-state index contributed by atoms with van der Waals surface area (Å²) in [6.07, 6.45) is 5.28. The number of nitrogens with two attached hydrogens (primary N) is 1. The molecule has 0 bridgehead atoms. The highest BCUT2D eigenvalue weighted by atomic mass is 33.1. The van der Waals surface area contributed by atoms with E-state index in [0.29, 0.717) is 23.5 Å². The van der Waals surface area contributed by atoms with E-state index in [4.69, 9.17) is 11.3 Å². The molecule has 0 spiro atoms. The van der Waals surface area contributed by atoms with Crippen LogP contribution in [-0.4, -0.2) is 40.5 Å². The van der Waals surface area contributed by atoms with E-state index in [0.717, 1.165) is 10.8 Å². The summed E-state index contributed by atoms with van der Waals surface area (Å²) in [5.41, 5.74) is 15.1. The summed E-state index contributed by atoms with van der Waals surface area (Å²) < 4.78 is 4.48. The van der Waals surface area contributed by atoms with Gasteiger partial charge in [-0.3, -0.25) is 9.59 Å². The van der Waals surface area contributed by atoms with Gasteiger partial charge in [-0.05, 0) is 16.9 Å². The van der Waals surface area contributed by atoms with Crippen molar-refractivity contribution in [2.45, 2.75) is 12.5 Å². The highest BCUT2D eigenvalue weighted by molar-refractivity contribution is 8.82. The number of rotatable bonds is 5. The molecule has 0 amide bonds. The Kier molecular flexibility index (Phi) is 6.58. The van der Waals surface area contributed by atoms with Crippen LogP contribution >= 0.6 is 21.6 Å². The van der Waals surface area contributed by atoms with Gasteiger partial charge in [-0.25, -0.2) is 0 Å². The Bertz CT molecular complexity index is 482. The Hall–Kier alpha value is -1.34. The number of esters is 1. The Morgan fingerprint density at radius 1 is 1.58 bits per heavy atom. The summed E-state index contributed by atoms with van der Waals surface area (Å²) in [4.78, 5) is 25.9. The fraction of sp³-hybridized carbons (Fsp3) is 0.364. The molecule has 1 atom stereocenters. The lowest BCUT2D eigenvalue weighted by Crippen LogP contribution is -2.33. The quantitative estimate of drug-likeness (QED) is 0.351. The molecule has 0 saturated heterocycles. The van der Waals surface area contributed by atoms with Gasteiger partial charge in [0.05, 0.1) is 13.5 Å². The van der Waals surface area contributed by atoms with Crippen LogP contribution in [0.2, 0.25) is 0 Å². The van der Waals surface area contributed by atoms with Crippen molar-refractivity contribution in [1.29, 1.82) is 0 Å². The molecule has 19 heavy (non-hydrogen) atoms. The van der Waals surface area contributed by atoms with Crippen LogP contribution in [0.25, 0.3) is 5.53 Å². The lowest BCUT2D eigenvalue weighted by Gasteiger charge is -2.08. The van der Waals surface area contributed by atoms with E-state index >= 15 is 0 Å². The number of methoxy groups -OCH3 is 1. The SMILES string of the molecule is COC(=O)C(N)CSSC(=O)C1=CCC(=[N+]=[N-])C=C1. The summed E-state index contributed by atoms with van der Waals surface area (Å²) >= 11 is 0. The maximum absolute atomic E-state index is 11.8. The molecule has 1 unspecified atom stereocenters. The normalized spacial score (nSPS) is 15.5. The Labute approximate surface area is 118 Å². The van der Waals surface area contributed by atoms with Gasteiger partial charge >= 0.3 is 5.97 Å². The van der Waals surface area contributed by atoms with Gasteiger partial charge in [-0.15, -0.1) is 0 Å². The molecule has 0 aromatic heterocycles. The van der Waals surface area contributed by atoms with Crippen LogP contribution < -0.4 is 5.73 Å². The fourth-order valence-electron chi connectivity index (χ4n) is 1.19. The average molecular weight is 299 g/mol. The summed E-state index contributed by atoms with van der Waals surface area (Å²) in [6.45, 7) is 0. The van der Waals surface area contributed by atoms with Crippen LogP contribution in [0.4, 0.5) is 0 Å². The van der Waals surface area contributed by atoms with Crippen molar-refractivity contribution >= 4 is 38.4 Å². The molecule has 2 N–H and O–H groups in total. The molecule has 6 nitrogen and oxygen atoms in total. The van der Waals surface area contributed by atoms with Crippen LogP contribution in [0.5, 0.6) is 0 Å². The largest absolute Gasteiger partial charge is 0.468 e. The second-order valence-corrected chi connectivity index (χ2v) is 5.89. The molecular weight excluding hydrogens is 286 g/mol. The smallest absolute Gasteiger partial charge is 0.323 e. The lowest BCUT2D eigenvalue weighted by molar-refractivity contribution is -0.141. The van der Waals surface area contributed by atoms with Crippen LogP contribution in [0, 0.1) is 0 Å². The monoisotopic (exact) mass is 299 g/mol. The molecule has 0 aliphatic heterocycles. The van der Waals surface area contributed by atoms with Gasteiger partial charge in [0.15, 0.2) is 0 Å². The number of hydrogen-bond donors (Lipinski definition) is 1. The third kappa shape index (κ3) is 5.04. The topological polar surface area (TPSA) is 106 Å². The number of ether oxygens (including phenoxy) is 1. The van der Waals surface area contributed by atoms with E-state index in [1.165, 1.54) is 17.9 Å². The van der Waals surface area contributed by atoms with Crippen molar-refractivity contribution in [3.63, 3.8) is 0 Å². The van der Waals surface area contributed by atoms with E-state index < -0.39 is 12.0 Å². The van der Waals surface area contributed by atoms with Crippen molar-refractivity contribution in [3.05, 3.63) is 29.3 Å². The van der Waals surface area contributed by atoms with Crippen molar-refractivity contribution in [2.75, 3.05) is 12.9 Å². The van der Waals surface area contributed by atoms with Crippen LogP contribution in [0.1, 0.15) is 6.42 Å². The van der Waals surface area contributed by atoms with Crippen molar-refractivity contribution in [3.8, 4) is 0 Å². The van der Waals surface area contributed by atoms with Gasteiger partial charge in [-0.2, -0.15) is 4.79 Å². The molecular formula is C11H13N3O3S2. The van der Waals surface area contributed by atoms with E-state index in [-0.39, 0.29) is 5.12 Å². The summed E-state index contributed by atoms with van der Waals surface area (Å²) in [5, 5.41) is -0.129. The fourth-order valence-corrected chi connectivity index (χ4v) is 3.15. The van der Waals surface area contributed by atoms with Gasteiger partial charge < -0.3 is 16.0 Å². The van der Waals surface area contributed by atoms with Crippen molar-refractivity contribution < 1.29 is 19.1 Å². The molecule has 1 aliphatic carbocycles. The Morgan fingerprint density at radius 3 is 2.84 bits per heavy atom. The Balaban J connectivity index is 2.37. The zero-order valence-corrected chi connectivity index (χ0v) is 11.9. The third-order valence-electron chi connectivity index (χ3n) is 2.24. The minimum Gasteiger partial charge on any atom is -0.468 e. The molecule has 0 aromatic rings. The van der Waals surface area contributed by atoms with E-state index in [9.17, 15) is 9.59 Å². The van der Waals surface area contributed by atoms with Gasteiger partial charge in [-0.1, -0.05) is 16.9 Å². The van der Waals surface area contributed by atoms with Gasteiger partial charge in [0, 0.05) is 17.4 Å². The Morgan fingerprint density at radius 2 is 2.32 bits per heavy atom. The van der Waals surface area contributed by atoms with Crippen molar-refractivity contribution in [2.24, 2.45) is 5.73 Å². The highest BCUT2D eigenvalue weighted by Crippen LogP contribution is 2.27. The average Bonchev–Trinajstić information content (AvgIpc) is 2.46. The van der Waals surface area contributed by atoms with E-state index in [2.05, 4.69) is 9.53 Å². The molecule has 0 heterocycles. The number of carbonyl (C=O) groups excluding carboxylic acids is 2. The van der Waals surface area contributed by atoms with E-state index in [1.54, 1.807) is 18.2 Å².